The molecule has 0 radical (unpaired) electrons. The number of rotatable bonds is 6. The fourth-order valence-electron chi connectivity index (χ4n) is 3.51. The first kappa shape index (κ1) is 22.0. The Bertz CT molecular complexity index is 1340. The van der Waals surface area contributed by atoms with Crippen molar-refractivity contribution in [2.75, 3.05) is 7.11 Å². The maximum Gasteiger partial charge on any atom is 0.269 e. The van der Waals surface area contributed by atoms with Crippen LogP contribution in [0, 0.1) is 10.1 Å². The maximum absolute atomic E-state index is 13.0. The van der Waals surface area contributed by atoms with Gasteiger partial charge in [-0.3, -0.25) is 19.9 Å². The zero-order valence-electron chi connectivity index (χ0n) is 17.4. The summed E-state index contributed by atoms with van der Waals surface area (Å²) in [5.74, 6) is 0.0366. The molecule has 0 aliphatic heterocycles. The molecule has 0 bridgehead atoms. The topological polar surface area (TPSA) is 115 Å². The predicted octanol–water partition coefficient (Wildman–Crippen LogP) is 5.03. The van der Waals surface area contributed by atoms with Crippen LogP contribution in [0.2, 0.25) is 5.02 Å². The third kappa shape index (κ3) is 4.42. The van der Waals surface area contributed by atoms with Crippen molar-refractivity contribution in [3.63, 3.8) is 0 Å². The van der Waals surface area contributed by atoms with Crippen LogP contribution in [-0.4, -0.2) is 28.0 Å². The maximum atomic E-state index is 13.0. The lowest BCUT2D eigenvalue weighted by Gasteiger charge is -2.22. The van der Waals surface area contributed by atoms with E-state index >= 15 is 0 Å². The Hall–Kier alpha value is -4.17. The molecule has 33 heavy (non-hydrogen) atoms. The minimum atomic E-state index is -0.857. The molecule has 9 heteroatoms. The lowest BCUT2D eigenvalue weighted by atomic mass is 9.95. The lowest BCUT2D eigenvalue weighted by Crippen LogP contribution is -2.29. The predicted molar refractivity (Wildman–Crippen MR) is 124 cm³/mol. The smallest absolute Gasteiger partial charge is 0.269 e. The number of carbonyl (C=O) groups excluding carboxylic acids is 1. The molecular weight excluding hydrogens is 446 g/mol. The number of hydrogen-bond acceptors (Lipinski definition) is 6. The molecule has 1 amide bonds. The normalized spacial score (nSPS) is 11.7. The van der Waals surface area contributed by atoms with Crippen LogP contribution >= 0.6 is 11.6 Å². The summed E-state index contributed by atoms with van der Waals surface area (Å²) in [6, 6.07) is 16.4. The number of pyridine rings is 1. The number of carbonyl (C=O) groups is 1. The Labute approximate surface area is 193 Å². The first-order chi connectivity index (χ1) is 15.9. The van der Waals surface area contributed by atoms with Crippen LogP contribution in [0.25, 0.3) is 10.9 Å². The van der Waals surface area contributed by atoms with Gasteiger partial charge in [0, 0.05) is 34.8 Å². The average molecular weight is 464 g/mol. The van der Waals surface area contributed by atoms with Gasteiger partial charge in [-0.15, -0.1) is 0 Å². The van der Waals surface area contributed by atoms with E-state index in [0.29, 0.717) is 32.8 Å². The van der Waals surface area contributed by atoms with Gasteiger partial charge in [-0.2, -0.15) is 0 Å². The van der Waals surface area contributed by atoms with Crippen molar-refractivity contribution in [2.45, 2.75) is 6.04 Å². The molecule has 0 unspecified atom stereocenters. The van der Waals surface area contributed by atoms with E-state index < -0.39 is 16.9 Å². The molecule has 3 aromatic carbocycles. The largest absolute Gasteiger partial charge is 0.505 e. The number of nitro groups is 1. The number of aromatic hydroxyl groups is 1. The quantitative estimate of drug-likeness (QED) is 0.306. The van der Waals surface area contributed by atoms with E-state index in [4.69, 9.17) is 16.3 Å². The van der Waals surface area contributed by atoms with Crippen molar-refractivity contribution >= 4 is 34.1 Å². The summed E-state index contributed by atoms with van der Waals surface area (Å²) in [6.07, 6.45) is 1.53. The van der Waals surface area contributed by atoms with Crippen LogP contribution in [0.3, 0.4) is 0 Å². The number of methoxy groups -OCH3 is 1. The van der Waals surface area contributed by atoms with Gasteiger partial charge in [0.05, 0.1) is 23.1 Å². The fourth-order valence-corrected chi connectivity index (χ4v) is 3.78. The van der Waals surface area contributed by atoms with Crippen LogP contribution < -0.4 is 10.1 Å². The van der Waals surface area contributed by atoms with Crippen molar-refractivity contribution < 1.29 is 19.6 Å². The van der Waals surface area contributed by atoms with Gasteiger partial charge in [0.25, 0.3) is 11.6 Å². The summed E-state index contributed by atoms with van der Waals surface area (Å²) < 4.78 is 5.13. The average Bonchev–Trinajstić information content (AvgIpc) is 2.85. The van der Waals surface area contributed by atoms with E-state index in [0.717, 1.165) is 0 Å². The number of amides is 1. The Balaban J connectivity index is 1.80. The number of phenolic OH excluding ortho intramolecular Hbond substituents is 1. The van der Waals surface area contributed by atoms with Gasteiger partial charge in [-0.25, -0.2) is 0 Å². The van der Waals surface area contributed by atoms with E-state index in [2.05, 4.69) is 10.3 Å². The van der Waals surface area contributed by atoms with Gasteiger partial charge in [0.1, 0.15) is 17.0 Å². The second-order valence-electron chi connectivity index (χ2n) is 7.18. The highest BCUT2D eigenvalue weighted by Gasteiger charge is 2.24. The van der Waals surface area contributed by atoms with Gasteiger partial charge >= 0.3 is 0 Å². The third-order valence-corrected chi connectivity index (χ3v) is 5.53. The van der Waals surface area contributed by atoms with E-state index in [9.17, 15) is 20.0 Å². The summed E-state index contributed by atoms with van der Waals surface area (Å²) in [4.78, 5) is 27.8. The molecule has 2 N–H and O–H groups in total. The molecular formula is C24H18ClN3O5. The van der Waals surface area contributed by atoms with Gasteiger partial charge < -0.3 is 15.2 Å². The molecule has 0 saturated heterocycles. The highest BCUT2D eigenvalue weighted by Crippen LogP contribution is 2.38. The summed E-state index contributed by atoms with van der Waals surface area (Å²) in [6.45, 7) is 0. The number of halogens is 1. The number of nitro benzene ring substituents is 1. The van der Waals surface area contributed by atoms with Crippen LogP contribution in [0.15, 0.2) is 72.9 Å². The number of ether oxygens (including phenoxy) is 1. The number of aromatic nitrogens is 1. The summed E-state index contributed by atoms with van der Waals surface area (Å²) in [5.41, 5.74) is 1.38. The van der Waals surface area contributed by atoms with E-state index in [1.165, 1.54) is 37.6 Å². The second-order valence-corrected chi connectivity index (χ2v) is 7.59. The standard InChI is InChI=1S/C24H18ClN3O5/c1-33-17-10-6-15(7-11-17)24(30)27-21(14-4-8-16(9-5-14)28(31)32)19-13-20(25)18-3-2-12-26-22(18)23(19)29/h2-13,21,29H,1H3,(H,27,30)/t21-/m0/s1. The van der Waals surface area contributed by atoms with Crippen molar-refractivity contribution in [3.05, 3.63) is 105 Å². The van der Waals surface area contributed by atoms with Crippen molar-refractivity contribution in [1.29, 1.82) is 0 Å². The van der Waals surface area contributed by atoms with Gasteiger partial charge in [-0.1, -0.05) is 11.6 Å². The molecule has 0 saturated carbocycles. The molecule has 1 aromatic heterocycles. The van der Waals surface area contributed by atoms with Crippen molar-refractivity contribution in [1.82, 2.24) is 10.3 Å². The number of phenols is 1. The highest BCUT2D eigenvalue weighted by atomic mass is 35.5. The lowest BCUT2D eigenvalue weighted by molar-refractivity contribution is -0.384. The Morgan fingerprint density at radius 1 is 1.15 bits per heavy atom. The SMILES string of the molecule is COc1ccc(C(=O)N[C@@H](c2ccc([N+](=O)[O-])cc2)c2cc(Cl)c3cccnc3c2O)cc1. The molecule has 4 aromatic rings. The molecule has 1 atom stereocenters. The number of hydrogen-bond donors (Lipinski definition) is 2. The summed E-state index contributed by atoms with van der Waals surface area (Å²) in [5, 5.41) is 25.9. The minimum Gasteiger partial charge on any atom is -0.505 e. The van der Waals surface area contributed by atoms with E-state index in [1.807, 2.05) is 0 Å². The zero-order valence-corrected chi connectivity index (χ0v) is 18.1. The third-order valence-electron chi connectivity index (χ3n) is 5.22. The molecule has 0 spiro atoms. The van der Waals surface area contributed by atoms with Gasteiger partial charge in [0.2, 0.25) is 0 Å². The van der Waals surface area contributed by atoms with Crippen LogP contribution in [0.5, 0.6) is 11.5 Å². The monoisotopic (exact) mass is 463 g/mol. The van der Waals surface area contributed by atoms with Crippen LogP contribution in [0.4, 0.5) is 5.69 Å². The molecule has 166 valence electrons. The first-order valence-electron chi connectivity index (χ1n) is 9.84. The number of benzene rings is 3. The number of fused-ring (bicyclic) bond motifs is 1. The second kappa shape index (κ2) is 9.13. The number of nitrogens with one attached hydrogen (secondary N) is 1. The molecule has 1 heterocycles. The number of non-ortho nitro benzene ring substituents is 1. The molecule has 0 aliphatic rings. The van der Waals surface area contributed by atoms with E-state index in [-0.39, 0.29) is 17.0 Å². The summed E-state index contributed by atoms with van der Waals surface area (Å²) >= 11 is 6.45. The summed E-state index contributed by atoms with van der Waals surface area (Å²) in [7, 11) is 1.53. The van der Waals surface area contributed by atoms with E-state index in [1.54, 1.807) is 42.5 Å². The molecule has 4 rings (SSSR count). The Morgan fingerprint density at radius 3 is 2.48 bits per heavy atom. The highest BCUT2D eigenvalue weighted by molar-refractivity contribution is 6.35. The van der Waals surface area contributed by atoms with Gasteiger partial charge in [0.15, 0.2) is 0 Å². The Kier molecular flexibility index (Phi) is 6.10. The van der Waals surface area contributed by atoms with Gasteiger partial charge in [-0.05, 0) is 60.2 Å². The van der Waals surface area contributed by atoms with Crippen molar-refractivity contribution in [3.8, 4) is 11.5 Å². The van der Waals surface area contributed by atoms with Crippen molar-refractivity contribution in [2.24, 2.45) is 0 Å². The molecule has 0 aliphatic carbocycles. The Morgan fingerprint density at radius 2 is 1.85 bits per heavy atom. The first-order valence-corrected chi connectivity index (χ1v) is 10.2. The van der Waals surface area contributed by atoms with Crippen LogP contribution in [-0.2, 0) is 0 Å². The zero-order chi connectivity index (χ0) is 23.5. The fraction of sp³-hybridized carbons (Fsp3) is 0.0833. The number of nitrogens with zero attached hydrogens (tertiary/aromatic N) is 2. The molecule has 0 fully saturated rings. The van der Waals surface area contributed by atoms with Crippen LogP contribution in [0.1, 0.15) is 27.5 Å². The minimum absolute atomic E-state index is 0.0959. The molecule has 8 nitrogen and oxygen atoms in total.